The van der Waals surface area contributed by atoms with Crippen LogP contribution in [0.15, 0.2) is 79.0 Å². The van der Waals surface area contributed by atoms with Crippen LogP contribution in [0.3, 0.4) is 0 Å². The molecule has 346 valence electrons. The molecule has 2 aliphatic rings. The van der Waals surface area contributed by atoms with Gasteiger partial charge in [-0.05, 0) is 160 Å². The lowest BCUT2D eigenvalue weighted by atomic mass is 9.68. The summed E-state index contributed by atoms with van der Waals surface area (Å²) in [6.45, 7) is 9.39. The summed E-state index contributed by atoms with van der Waals surface area (Å²) in [5.74, 6) is 0. The van der Waals surface area contributed by atoms with Gasteiger partial charge in [0.2, 0.25) is 0 Å². The molecule has 0 radical (unpaired) electrons. The molecule has 2 heterocycles. The van der Waals surface area contributed by atoms with Gasteiger partial charge in [0.25, 0.3) is 0 Å². The fraction of sp³-hybridized carbons (Fsp3) is 0.567. The van der Waals surface area contributed by atoms with E-state index in [1.807, 2.05) is 22.7 Å². The molecule has 0 nitrogen and oxygen atoms in total. The molecule has 64 heavy (non-hydrogen) atoms. The van der Waals surface area contributed by atoms with Gasteiger partial charge in [-0.3, -0.25) is 0 Å². The Bertz CT molecular complexity index is 2010. The summed E-state index contributed by atoms with van der Waals surface area (Å²) in [5.41, 5.74) is 18.2. The second-order valence-corrected chi connectivity index (χ2v) is 24.4. The standard InChI is InChI=1S/C60H80Br2S2/c1-5-9-13-17-21-25-35-59(36-26-22-18-14-10-6-2)53-41-45(47-33-39-63-57(47)61)29-31-49(53)51-44-56-52(43-55(51)59)50-32-30-46(48-34-40-64-58(48)62)42-54(50)60(56,37-27-23-19-15-11-7-3)38-28-24-20-16-12-8-4/h29-34,39-44H,5-28,35-38H2,1-4H3. The van der Waals surface area contributed by atoms with Crippen LogP contribution in [0.1, 0.15) is 230 Å². The molecule has 0 aliphatic heterocycles. The van der Waals surface area contributed by atoms with Crippen LogP contribution < -0.4 is 0 Å². The average molecular weight is 1030 g/mol. The van der Waals surface area contributed by atoms with E-state index in [0.717, 1.165) is 0 Å². The van der Waals surface area contributed by atoms with Crippen LogP contribution in [0, 0.1) is 0 Å². The smallest absolute Gasteiger partial charge is 0.0776 e. The van der Waals surface area contributed by atoms with Crippen molar-refractivity contribution >= 4 is 54.5 Å². The number of benzene rings is 3. The predicted molar refractivity (Wildman–Crippen MR) is 293 cm³/mol. The predicted octanol–water partition coefficient (Wildman–Crippen LogP) is 22.2. The number of hydrogen-bond donors (Lipinski definition) is 0. The minimum absolute atomic E-state index is 0.0270. The van der Waals surface area contributed by atoms with Crippen molar-refractivity contribution in [1.82, 2.24) is 0 Å². The minimum atomic E-state index is 0.0270. The summed E-state index contributed by atoms with van der Waals surface area (Å²) in [6.07, 6.45) is 37.2. The van der Waals surface area contributed by atoms with E-state index in [1.54, 1.807) is 33.4 Å². The Kier molecular flexibility index (Phi) is 19.4. The van der Waals surface area contributed by atoms with Crippen molar-refractivity contribution in [3.05, 3.63) is 101 Å². The highest BCUT2D eigenvalue weighted by Crippen LogP contribution is 2.62. The van der Waals surface area contributed by atoms with Crippen molar-refractivity contribution in [2.75, 3.05) is 0 Å². The van der Waals surface area contributed by atoms with Gasteiger partial charge in [0.05, 0.1) is 7.57 Å². The highest BCUT2D eigenvalue weighted by Gasteiger charge is 2.48. The summed E-state index contributed by atoms with van der Waals surface area (Å²) in [5, 5.41) is 4.50. The third-order valence-corrected chi connectivity index (χ3v) is 18.9. The Hall–Kier alpha value is -1.98. The molecule has 0 atom stereocenters. The second kappa shape index (κ2) is 24.9. The van der Waals surface area contributed by atoms with Gasteiger partial charge in [0, 0.05) is 22.0 Å². The topological polar surface area (TPSA) is 0 Å². The number of thiophene rings is 2. The van der Waals surface area contributed by atoms with Crippen LogP contribution in [0.5, 0.6) is 0 Å². The third-order valence-electron chi connectivity index (χ3n) is 15.5. The highest BCUT2D eigenvalue weighted by molar-refractivity contribution is 9.11. The van der Waals surface area contributed by atoms with E-state index < -0.39 is 0 Å². The van der Waals surface area contributed by atoms with Crippen LogP contribution in [-0.2, 0) is 10.8 Å². The molecule has 5 aromatic rings. The van der Waals surface area contributed by atoms with E-state index in [9.17, 15) is 0 Å². The van der Waals surface area contributed by atoms with Gasteiger partial charge in [0.15, 0.2) is 0 Å². The Morgan fingerprint density at radius 2 is 0.625 bits per heavy atom. The summed E-state index contributed by atoms with van der Waals surface area (Å²) < 4.78 is 2.50. The zero-order valence-corrected chi connectivity index (χ0v) is 45.1. The highest BCUT2D eigenvalue weighted by atomic mass is 79.9. The molecule has 0 N–H and O–H groups in total. The molecule has 3 aromatic carbocycles. The molecule has 2 aromatic heterocycles. The van der Waals surface area contributed by atoms with Gasteiger partial charge in [-0.25, -0.2) is 0 Å². The van der Waals surface area contributed by atoms with Crippen LogP contribution in [0.25, 0.3) is 44.5 Å². The fourth-order valence-electron chi connectivity index (χ4n) is 12.0. The Balaban J connectivity index is 1.39. The summed E-state index contributed by atoms with van der Waals surface area (Å²) in [7, 11) is 0. The van der Waals surface area contributed by atoms with Crippen LogP contribution in [0.4, 0.5) is 0 Å². The van der Waals surface area contributed by atoms with Crippen molar-refractivity contribution in [1.29, 1.82) is 0 Å². The van der Waals surface area contributed by atoms with Crippen LogP contribution in [-0.4, -0.2) is 0 Å². The lowest BCUT2D eigenvalue weighted by Gasteiger charge is -2.35. The van der Waals surface area contributed by atoms with Gasteiger partial charge in [-0.1, -0.05) is 206 Å². The lowest BCUT2D eigenvalue weighted by Crippen LogP contribution is -2.27. The first-order chi connectivity index (χ1) is 31.4. The maximum Gasteiger partial charge on any atom is 0.0776 e. The Labute approximate surface area is 415 Å². The number of rotatable bonds is 30. The molecule has 0 saturated carbocycles. The molecule has 0 bridgehead atoms. The van der Waals surface area contributed by atoms with Crippen molar-refractivity contribution < 1.29 is 0 Å². The number of hydrogen-bond acceptors (Lipinski definition) is 2. The Morgan fingerprint density at radius 1 is 0.328 bits per heavy atom. The SMILES string of the molecule is CCCCCCCCC1(CCCCCCCC)c2cc(-c3ccsc3Br)ccc2-c2cc3c(cc21)-c1ccc(-c2ccsc2Br)cc1C3(CCCCCCCC)CCCCCCCC. The quantitative estimate of drug-likeness (QED) is 0.0402. The molecule has 7 rings (SSSR count). The monoisotopic (exact) mass is 1020 g/mol. The van der Waals surface area contributed by atoms with Crippen LogP contribution >= 0.6 is 54.5 Å². The van der Waals surface area contributed by atoms with Crippen molar-refractivity contribution in [3.63, 3.8) is 0 Å². The average Bonchev–Trinajstić information content (AvgIpc) is 4.07. The first-order valence-corrected chi connectivity index (χ1v) is 29.7. The second-order valence-electron chi connectivity index (χ2n) is 19.9. The third kappa shape index (κ3) is 11.3. The summed E-state index contributed by atoms with van der Waals surface area (Å²) in [6, 6.07) is 25.7. The number of fused-ring (bicyclic) bond motifs is 6. The molecule has 2 aliphatic carbocycles. The largest absolute Gasteiger partial charge is 0.136 e. The molecule has 0 amide bonds. The van der Waals surface area contributed by atoms with E-state index in [4.69, 9.17) is 0 Å². The molecular formula is C60H80Br2S2. The van der Waals surface area contributed by atoms with E-state index >= 15 is 0 Å². The van der Waals surface area contributed by atoms with E-state index in [-0.39, 0.29) is 10.8 Å². The first kappa shape index (κ1) is 49.9. The molecular weight excluding hydrogens is 945 g/mol. The first-order valence-electron chi connectivity index (χ1n) is 26.4. The maximum absolute atomic E-state index is 3.96. The van der Waals surface area contributed by atoms with Gasteiger partial charge in [-0.15, -0.1) is 22.7 Å². The van der Waals surface area contributed by atoms with E-state index in [1.165, 1.54) is 221 Å². The summed E-state index contributed by atoms with van der Waals surface area (Å²) >= 11 is 11.5. The number of halogens is 2. The zero-order valence-electron chi connectivity index (χ0n) is 40.3. The van der Waals surface area contributed by atoms with Gasteiger partial charge in [-0.2, -0.15) is 0 Å². The fourth-order valence-corrected chi connectivity index (χ4v) is 14.6. The maximum atomic E-state index is 3.96. The molecule has 4 heteroatoms. The van der Waals surface area contributed by atoms with Crippen molar-refractivity contribution in [2.24, 2.45) is 0 Å². The van der Waals surface area contributed by atoms with Gasteiger partial charge in [0.1, 0.15) is 0 Å². The number of unbranched alkanes of at least 4 members (excludes halogenated alkanes) is 20. The van der Waals surface area contributed by atoms with E-state index in [2.05, 4.69) is 131 Å². The van der Waals surface area contributed by atoms with Gasteiger partial charge < -0.3 is 0 Å². The summed E-state index contributed by atoms with van der Waals surface area (Å²) in [4.78, 5) is 0. The minimum Gasteiger partial charge on any atom is -0.136 e. The van der Waals surface area contributed by atoms with Gasteiger partial charge >= 0.3 is 0 Å². The van der Waals surface area contributed by atoms with Crippen molar-refractivity contribution in [2.45, 2.75) is 218 Å². The normalized spacial score (nSPS) is 14.2. The molecule has 0 unspecified atom stereocenters. The van der Waals surface area contributed by atoms with Crippen LogP contribution in [0.2, 0.25) is 0 Å². The Morgan fingerprint density at radius 3 is 0.922 bits per heavy atom. The molecule has 0 fully saturated rings. The molecule has 0 saturated heterocycles. The van der Waals surface area contributed by atoms with E-state index in [0.29, 0.717) is 0 Å². The lowest BCUT2D eigenvalue weighted by molar-refractivity contribution is 0.394. The van der Waals surface area contributed by atoms with Crippen molar-refractivity contribution in [3.8, 4) is 44.5 Å². The zero-order chi connectivity index (χ0) is 44.8. The molecule has 0 spiro atoms.